The van der Waals surface area contributed by atoms with E-state index in [1.165, 1.54) is 10.9 Å². The molecule has 2 fully saturated rings. The molecule has 1 aliphatic heterocycles. The Balaban J connectivity index is 1.32. The highest BCUT2D eigenvalue weighted by atomic mass is 19.1. The van der Waals surface area contributed by atoms with Gasteiger partial charge < -0.3 is 11.1 Å². The van der Waals surface area contributed by atoms with Crippen molar-refractivity contribution in [1.29, 1.82) is 5.26 Å². The number of nitrogens with one attached hydrogen (secondary N) is 1. The fourth-order valence-electron chi connectivity index (χ4n) is 4.95. The minimum absolute atomic E-state index is 0.0134. The van der Waals surface area contributed by atoms with E-state index in [2.05, 4.69) is 40.8 Å². The summed E-state index contributed by atoms with van der Waals surface area (Å²) in [5, 5.41) is 16.6. The van der Waals surface area contributed by atoms with Gasteiger partial charge in [0.2, 0.25) is 5.91 Å². The second-order valence-corrected chi connectivity index (χ2v) is 9.92. The summed E-state index contributed by atoms with van der Waals surface area (Å²) in [6.07, 6.45) is 1.72. The van der Waals surface area contributed by atoms with Gasteiger partial charge in [0.1, 0.15) is 17.3 Å². The lowest BCUT2D eigenvalue weighted by molar-refractivity contribution is -0.117. The Hall–Kier alpha value is -4.03. The van der Waals surface area contributed by atoms with Crippen LogP contribution in [-0.4, -0.2) is 45.8 Å². The summed E-state index contributed by atoms with van der Waals surface area (Å²) < 4.78 is 17.2. The van der Waals surface area contributed by atoms with Crippen LogP contribution in [0.1, 0.15) is 41.6 Å². The Labute approximate surface area is 214 Å². The second kappa shape index (κ2) is 10.1. The molecule has 0 bridgehead atoms. The molecule has 3 N–H and O–H groups in total. The molecule has 5 rings (SSSR count). The van der Waals surface area contributed by atoms with Crippen molar-refractivity contribution in [3.8, 4) is 17.2 Å². The summed E-state index contributed by atoms with van der Waals surface area (Å²) in [4.78, 5) is 26.3. The van der Waals surface area contributed by atoms with Crippen LogP contribution in [0.15, 0.2) is 60.8 Å². The van der Waals surface area contributed by atoms with Crippen molar-refractivity contribution >= 4 is 17.6 Å². The third-order valence-corrected chi connectivity index (χ3v) is 7.34. The molecule has 1 aromatic heterocycles. The van der Waals surface area contributed by atoms with Crippen LogP contribution >= 0.6 is 0 Å². The zero-order chi connectivity index (χ0) is 26.0. The van der Waals surface area contributed by atoms with E-state index in [1.54, 1.807) is 0 Å². The quantitative estimate of drug-likeness (QED) is 0.487. The van der Waals surface area contributed by atoms with E-state index >= 15 is 4.39 Å². The minimum Gasteiger partial charge on any atom is -0.365 e. The highest BCUT2D eigenvalue weighted by Crippen LogP contribution is 2.38. The van der Waals surface area contributed by atoms with E-state index in [-0.39, 0.29) is 36.2 Å². The lowest BCUT2D eigenvalue weighted by Gasteiger charge is -2.43. The number of nitrogens with two attached hydrogens (primary N) is 1. The highest BCUT2D eigenvalue weighted by Gasteiger charge is 2.47. The number of halogens is 1. The van der Waals surface area contributed by atoms with Crippen molar-refractivity contribution in [2.45, 2.75) is 43.9 Å². The first kappa shape index (κ1) is 24.7. The number of anilines is 1. The maximum Gasteiger partial charge on any atom is 0.254 e. The largest absolute Gasteiger partial charge is 0.365 e. The van der Waals surface area contributed by atoms with Gasteiger partial charge in [0, 0.05) is 31.7 Å². The molecule has 37 heavy (non-hydrogen) atoms. The maximum absolute atomic E-state index is 15.9. The molecule has 3 aromatic rings. The van der Waals surface area contributed by atoms with Crippen molar-refractivity contribution in [2.75, 3.05) is 18.4 Å². The molecule has 2 aromatic carbocycles. The summed E-state index contributed by atoms with van der Waals surface area (Å²) >= 11 is 0. The number of amides is 2. The Morgan fingerprint density at radius 3 is 2.46 bits per heavy atom. The van der Waals surface area contributed by atoms with Crippen LogP contribution in [0.3, 0.4) is 0 Å². The fourth-order valence-corrected chi connectivity index (χ4v) is 4.95. The number of piperidine rings is 1. The summed E-state index contributed by atoms with van der Waals surface area (Å²) in [5.74, 6) is -1.07. The number of carbonyl (C=O) groups is 2. The van der Waals surface area contributed by atoms with Crippen LogP contribution in [0.5, 0.6) is 0 Å². The van der Waals surface area contributed by atoms with E-state index in [4.69, 9.17) is 5.73 Å². The normalized spacial score (nSPS) is 21.8. The average molecular weight is 501 g/mol. The molecule has 0 spiro atoms. The van der Waals surface area contributed by atoms with Crippen molar-refractivity contribution < 1.29 is 14.0 Å². The van der Waals surface area contributed by atoms with Gasteiger partial charge in [-0.1, -0.05) is 54.6 Å². The van der Waals surface area contributed by atoms with E-state index in [1.807, 2.05) is 35.2 Å². The van der Waals surface area contributed by atoms with Gasteiger partial charge >= 0.3 is 0 Å². The van der Waals surface area contributed by atoms with Crippen LogP contribution in [0.25, 0.3) is 11.1 Å². The smallest absolute Gasteiger partial charge is 0.254 e. The number of nitrogens with zero attached hydrogens (tertiary/aromatic N) is 4. The number of hydrogen-bond acceptors (Lipinski definition) is 5. The van der Waals surface area contributed by atoms with Gasteiger partial charge in [0.25, 0.3) is 5.91 Å². The molecule has 1 saturated heterocycles. The fraction of sp³-hybridized carbons (Fsp3) is 0.357. The van der Waals surface area contributed by atoms with Gasteiger partial charge in [-0.25, -0.2) is 4.39 Å². The average Bonchev–Trinajstić information content (AvgIpc) is 3.67. The Bertz CT molecular complexity index is 1330. The highest BCUT2D eigenvalue weighted by molar-refractivity contribution is 6.02. The predicted octanol–water partition coefficient (Wildman–Crippen LogP) is 3.85. The number of carbonyl (C=O) groups excluding carboxylic acids is 2. The van der Waals surface area contributed by atoms with Crippen LogP contribution in [0, 0.1) is 17.2 Å². The number of nitriles is 1. The molecule has 1 aliphatic carbocycles. The molecule has 2 aliphatic rings. The van der Waals surface area contributed by atoms with Crippen molar-refractivity contribution in [2.24, 2.45) is 11.7 Å². The first-order valence-electron chi connectivity index (χ1n) is 12.5. The van der Waals surface area contributed by atoms with Gasteiger partial charge in [-0.05, 0) is 36.0 Å². The number of rotatable bonds is 8. The van der Waals surface area contributed by atoms with Crippen molar-refractivity contribution in [1.82, 2.24) is 14.7 Å². The van der Waals surface area contributed by atoms with Crippen molar-refractivity contribution in [3.05, 3.63) is 71.9 Å². The Kier molecular flexibility index (Phi) is 6.76. The topological polar surface area (TPSA) is 117 Å². The Morgan fingerprint density at radius 1 is 1.14 bits per heavy atom. The number of aromatic nitrogens is 2. The standard InChI is InChI=1S/C28H29FN6O2/c29-24-18-34(16-19-6-8-21(9-7-19)20-4-2-1-3-5-20)15-13-28(24,12-14-30)35-17-23(25(31)36)26(33-35)32-27(37)22-10-11-22/h1-9,17,22,24H,10-13,15-16,18H2,(H2,31,36)(H,32,33,37)/t24-,28-/m1/s1. The van der Waals surface area contributed by atoms with Gasteiger partial charge in [0.05, 0.1) is 12.5 Å². The van der Waals surface area contributed by atoms with E-state index in [0.717, 1.165) is 29.5 Å². The monoisotopic (exact) mass is 500 g/mol. The first-order chi connectivity index (χ1) is 17.9. The van der Waals surface area contributed by atoms with Gasteiger partial charge in [-0.3, -0.25) is 19.2 Å². The molecule has 190 valence electrons. The molecule has 2 atom stereocenters. The van der Waals surface area contributed by atoms with E-state index in [0.29, 0.717) is 19.5 Å². The van der Waals surface area contributed by atoms with E-state index < -0.39 is 17.6 Å². The number of benzene rings is 2. The number of primary amides is 1. The number of alkyl halides is 1. The predicted molar refractivity (Wildman–Crippen MR) is 137 cm³/mol. The van der Waals surface area contributed by atoms with Gasteiger partial charge in [-0.2, -0.15) is 10.4 Å². The molecule has 2 amide bonds. The van der Waals surface area contributed by atoms with Crippen molar-refractivity contribution in [3.63, 3.8) is 0 Å². The van der Waals surface area contributed by atoms with Gasteiger partial charge in [-0.15, -0.1) is 0 Å². The second-order valence-electron chi connectivity index (χ2n) is 9.92. The summed E-state index contributed by atoms with van der Waals surface area (Å²) in [5.41, 5.74) is 7.61. The lowest BCUT2D eigenvalue weighted by Crippen LogP contribution is -2.54. The molecule has 2 heterocycles. The molecule has 9 heteroatoms. The van der Waals surface area contributed by atoms with Crippen LogP contribution in [-0.2, 0) is 16.9 Å². The summed E-state index contributed by atoms with van der Waals surface area (Å²) in [6.45, 7) is 1.22. The molecule has 8 nitrogen and oxygen atoms in total. The zero-order valence-electron chi connectivity index (χ0n) is 20.4. The third-order valence-electron chi connectivity index (χ3n) is 7.34. The minimum atomic E-state index is -1.42. The first-order valence-corrected chi connectivity index (χ1v) is 12.5. The third kappa shape index (κ3) is 5.11. The van der Waals surface area contributed by atoms with Crippen LogP contribution in [0.2, 0.25) is 0 Å². The SMILES string of the molecule is N#CC[C@@]1(n2cc(C(N)=O)c(NC(=O)C3CC3)n2)CCN(Cc2ccc(-c3ccccc3)cc2)C[C@H]1F. The molecule has 0 radical (unpaired) electrons. The van der Waals surface area contributed by atoms with Gasteiger partial charge in [0.15, 0.2) is 5.82 Å². The Morgan fingerprint density at radius 2 is 1.84 bits per heavy atom. The lowest BCUT2D eigenvalue weighted by atomic mass is 9.83. The number of likely N-dealkylation sites (tertiary alicyclic amines) is 1. The zero-order valence-corrected chi connectivity index (χ0v) is 20.4. The van der Waals surface area contributed by atoms with Crippen LogP contribution < -0.4 is 11.1 Å². The summed E-state index contributed by atoms with van der Waals surface area (Å²) in [7, 11) is 0. The molecular weight excluding hydrogens is 471 g/mol. The maximum atomic E-state index is 15.9. The molecule has 0 unspecified atom stereocenters. The number of hydrogen-bond donors (Lipinski definition) is 2. The summed E-state index contributed by atoms with van der Waals surface area (Å²) in [6, 6.07) is 20.4. The van der Waals surface area contributed by atoms with E-state index in [9.17, 15) is 14.9 Å². The molecular formula is C28H29FN6O2. The molecule has 1 saturated carbocycles. The van der Waals surface area contributed by atoms with Crippen LogP contribution in [0.4, 0.5) is 10.2 Å².